The number of rotatable bonds is 4. The molecule has 0 bridgehead atoms. The molecule has 1 amide bonds. The topological polar surface area (TPSA) is 75.5 Å². The number of amides is 1. The van der Waals surface area contributed by atoms with E-state index in [0.29, 0.717) is 17.2 Å². The van der Waals surface area contributed by atoms with Gasteiger partial charge in [-0.2, -0.15) is 0 Å². The summed E-state index contributed by atoms with van der Waals surface area (Å²) in [5, 5.41) is 14.0. The molecule has 0 spiro atoms. The second kappa shape index (κ2) is 7.56. The smallest absolute Gasteiger partial charge is 0.270 e. The van der Waals surface area contributed by atoms with E-state index in [9.17, 15) is 14.9 Å². The Morgan fingerprint density at radius 1 is 1.19 bits per heavy atom. The molecule has 1 saturated heterocycles. The van der Waals surface area contributed by atoms with E-state index >= 15 is 0 Å². The Morgan fingerprint density at radius 3 is 2.58 bits per heavy atom. The summed E-state index contributed by atoms with van der Waals surface area (Å²) < 4.78 is 0. The van der Waals surface area contributed by atoms with Crippen molar-refractivity contribution < 1.29 is 9.72 Å². The number of nitrogens with zero attached hydrogens (tertiary/aromatic N) is 2. The molecule has 26 heavy (non-hydrogen) atoms. The number of hydrogen-bond acceptors (Lipinski definition) is 4. The quantitative estimate of drug-likeness (QED) is 0.653. The van der Waals surface area contributed by atoms with Crippen LogP contribution in [0.3, 0.4) is 0 Å². The number of anilines is 2. The standard InChI is InChI=1S/C20H23N3O3/c1-14-8-10-22(11-9-14)19-7-6-17(23(25)26)13-18(19)20(24)21-16-5-3-4-15(2)12-16/h3-7,12-14H,8-11H2,1-2H3,(H,21,24). The van der Waals surface area contributed by atoms with Crippen LogP contribution in [0, 0.1) is 23.0 Å². The highest BCUT2D eigenvalue weighted by Gasteiger charge is 2.23. The Labute approximate surface area is 153 Å². The molecule has 1 aliphatic heterocycles. The molecular weight excluding hydrogens is 330 g/mol. The third kappa shape index (κ3) is 4.02. The zero-order valence-electron chi connectivity index (χ0n) is 15.1. The van der Waals surface area contributed by atoms with E-state index in [2.05, 4.69) is 17.1 Å². The minimum absolute atomic E-state index is 0.0754. The fourth-order valence-electron chi connectivity index (χ4n) is 3.27. The Kier molecular flexibility index (Phi) is 5.21. The molecule has 0 saturated carbocycles. The Morgan fingerprint density at radius 2 is 1.92 bits per heavy atom. The van der Waals surface area contributed by atoms with Crippen molar-refractivity contribution in [2.45, 2.75) is 26.7 Å². The SMILES string of the molecule is Cc1cccc(NC(=O)c2cc([N+](=O)[O-])ccc2N2CCC(C)CC2)c1. The molecule has 2 aromatic carbocycles. The van der Waals surface area contributed by atoms with Crippen molar-refractivity contribution >= 4 is 23.0 Å². The molecule has 0 radical (unpaired) electrons. The van der Waals surface area contributed by atoms with Gasteiger partial charge in [-0.1, -0.05) is 19.1 Å². The fourth-order valence-corrected chi connectivity index (χ4v) is 3.27. The summed E-state index contributed by atoms with van der Waals surface area (Å²) in [6, 6.07) is 12.0. The van der Waals surface area contributed by atoms with E-state index in [1.165, 1.54) is 12.1 Å². The predicted molar refractivity (Wildman–Crippen MR) is 103 cm³/mol. The first-order valence-corrected chi connectivity index (χ1v) is 8.85. The van der Waals surface area contributed by atoms with Crippen LogP contribution in [0.1, 0.15) is 35.7 Å². The number of hydrogen-bond donors (Lipinski definition) is 1. The van der Waals surface area contributed by atoms with Gasteiger partial charge in [0.25, 0.3) is 11.6 Å². The lowest BCUT2D eigenvalue weighted by atomic mass is 9.98. The van der Waals surface area contributed by atoms with Gasteiger partial charge in [0, 0.05) is 30.9 Å². The van der Waals surface area contributed by atoms with Crippen LogP contribution in [-0.4, -0.2) is 23.9 Å². The first-order valence-electron chi connectivity index (χ1n) is 8.85. The Balaban J connectivity index is 1.92. The molecule has 0 aromatic heterocycles. The van der Waals surface area contributed by atoms with Crippen molar-refractivity contribution in [2.24, 2.45) is 5.92 Å². The molecule has 0 aliphatic carbocycles. The summed E-state index contributed by atoms with van der Waals surface area (Å²) in [5.74, 6) is 0.335. The molecule has 1 fully saturated rings. The molecule has 6 nitrogen and oxygen atoms in total. The molecule has 2 aromatic rings. The maximum Gasteiger partial charge on any atom is 0.270 e. The van der Waals surface area contributed by atoms with Gasteiger partial charge in [-0.25, -0.2) is 0 Å². The number of non-ortho nitro benzene ring substituents is 1. The summed E-state index contributed by atoms with van der Waals surface area (Å²) in [4.78, 5) is 25.7. The van der Waals surface area contributed by atoms with Gasteiger partial charge >= 0.3 is 0 Å². The minimum Gasteiger partial charge on any atom is -0.371 e. The van der Waals surface area contributed by atoms with Crippen molar-refractivity contribution in [1.82, 2.24) is 0 Å². The highest BCUT2D eigenvalue weighted by molar-refractivity contribution is 6.08. The Bertz CT molecular complexity index is 827. The number of nitrogens with one attached hydrogen (secondary N) is 1. The predicted octanol–water partition coefficient (Wildman–Crippen LogP) is 4.39. The summed E-state index contributed by atoms with van der Waals surface area (Å²) in [6.45, 7) is 5.87. The molecule has 0 atom stereocenters. The van der Waals surface area contributed by atoms with Gasteiger partial charge < -0.3 is 10.2 Å². The van der Waals surface area contributed by atoms with Gasteiger partial charge in [-0.15, -0.1) is 0 Å². The number of aryl methyl sites for hydroxylation is 1. The third-order valence-electron chi connectivity index (χ3n) is 4.84. The maximum atomic E-state index is 12.9. The van der Waals surface area contributed by atoms with E-state index in [1.54, 1.807) is 6.07 Å². The van der Waals surface area contributed by atoms with Crippen molar-refractivity contribution in [3.8, 4) is 0 Å². The van der Waals surface area contributed by atoms with Gasteiger partial charge in [0.05, 0.1) is 16.2 Å². The van der Waals surface area contributed by atoms with Gasteiger partial charge in [0.1, 0.15) is 0 Å². The van der Waals surface area contributed by atoms with Crippen LogP contribution in [0.4, 0.5) is 17.1 Å². The number of piperidine rings is 1. The second-order valence-electron chi connectivity index (χ2n) is 6.95. The molecule has 1 aliphatic rings. The number of nitro groups is 1. The molecule has 3 rings (SSSR count). The van der Waals surface area contributed by atoms with E-state index in [1.807, 2.05) is 31.2 Å². The molecule has 1 N–H and O–H groups in total. The lowest BCUT2D eigenvalue weighted by Crippen LogP contribution is -2.34. The first kappa shape index (κ1) is 17.9. The normalized spacial score (nSPS) is 14.9. The monoisotopic (exact) mass is 353 g/mol. The number of carbonyl (C=O) groups is 1. The second-order valence-corrected chi connectivity index (χ2v) is 6.95. The van der Waals surface area contributed by atoms with Crippen LogP contribution in [0.15, 0.2) is 42.5 Å². The number of nitro benzene ring substituents is 1. The highest BCUT2D eigenvalue weighted by atomic mass is 16.6. The summed E-state index contributed by atoms with van der Waals surface area (Å²) in [7, 11) is 0. The van der Waals surface area contributed by atoms with Gasteiger partial charge in [-0.05, 0) is 49.4 Å². The molecular formula is C20H23N3O3. The molecule has 6 heteroatoms. The van der Waals surface area contributed by atoms with Crippen molar-refractivity contribution in [3.05, 3.63) is 63.7 Å². The maximum absolute atomic E-state index is 12.9. The first-order chi connectivity index (χ1) is 12.4. The number of benzene rings is 2. The van der Waals surface area contributed by atoms with Crippen molar-refractivity contribution in [3.63, 3.8) is 0 Å². The summed E-state index contributed by atoms with van der Waals surface area (Å²) in [5.41, 5.74) is 2.74. The average Bonchev–Trinajstić information content (AvgIpc) is 2.62. The van der Waals surface area contributed by atoms with Crippen LogP contribution in [0.25, 0.3) is 0 Å². The number of carbonyl (C=O) groups excluding carboxylic acids is 1. The zero-order chi connectivity index (χ0) is 18.7. The minimum atomic E-state index is -0.467. The van der Waals surface area contributed by atoms with Gasteiger partial charge in [0.15, 0.2) is 0 Å². The zero-order valence-corrected chi connectivity index (χ0v) is 15.1. The molecule has 1 heterocycles. The van der Waals surface area contributed by atoms with Gasteiger partial charge in [0.2, 0.25) is 0 Å². The van der Waals surface area contributed by atoms with Crippen LogP contribution < -0.4 is 10.2 Å². The lowest BCUT2D eigenvalue weighted by molar-refractivity contribution is -0.384. The van der Waals surface area contributed by atoms with Crippen LogP contribution >= 0.6 is 0 Å². The van der Waals surface area contributed by atoms with Crippen molar-refractivity contribution in [2.75, 3.05) is 23.3 Å². The van der Waals surface area contributed by atoms with Gasteiger partial charge in [-0.3, -0.25) is 14.9 Å². The highest BCUT2D eigenvalue weighted by Crippen LogP contribution is 2.30. The van der Waals surface area contributed by atoms with E-state index in [-0.39, 0.29) is 11.6 Å². The average molecular weight is 353 g/mol. The van der Waals surface area contributed by atoms with Crippen LogP contribution in [-0.2, 0) is 0 Å². The molecule has 0 unspecified atom stereocenters. The fraction of sp³-hybridized carbons (Fsp3) is 0.350. The summed E-state index contributed by atoms with van der Waals surface area (Å²) in [6.07, 6.45) is 2.10. The Hall–Kier alpha value is -2.89. The van der Waals surface area contributed by atoms with Crippen molar-refractivity contribution in [1.29, 1.82) is 0 Å². The third-order valence-corrected chi connectivity index (χ3v) is 4.84. The van der Waals surface area contributed by atoms with E-state index < -0.39 is 4.92 Å². The molecule has 136 valence electrons. The van der Waals surface area contributed by atoms with E-state index in [0.717, 1.165) is 37.2 Å². The lowest BCUT2D eigenvalue weighted by Gasteiger charge is -2.33. The summed E-state index contributed by atoms with van der Waals surface area (Å²) >= 11 is 0. The van der Waals surface area contributed by atoms with Crippen LogP contribution in [0.2, 0.25) is 0 Å². The van der Waals surface area contributed by atoms with Crippen LogP contribution in [0.5, 0.6) is 0 Å². The largest absolute Gasteiger partial charge is 0.371 e. The van der Waals surface area contributed by atoms with E-state index in [4.69, 9.17) is 0 Å².